The Bertz CT molecular complexity index is 1280. The van der Waals surface area contributed by atoms with E-state index in [4.69, 9.17) is 16.6 Å². The Kier molecular flexibility index (Phi) is 7.00. The molecule has 5 rings (SSSR count). The third kappa shape index (κ3) is 4.84. The highest BCUT2D eigenvalue weighted by atomic mass is 35.5. The molecule has 1 amide bonds. The van der Waals surface area contributed by atoms with Crippen LogP contribution in [0, 0.1) is 0 Å². The molecule has 1 aromatic heterocycles. The Morgan fingerprint density at radius 1 is 1.17 bits per heavy atom. The van der Waals surface area contributed by atoms with Crippen LogP contribution in [0.4, 0.5) is 17.3 Å². The van der Waals surface area contributed by atoms with Crippen LogP contribution in [-0.4, -0.2) is 29.0 Å². The second-order valence-corrected chi connectivity index (χ2v) is 10.8. The lowest BCUT2D eigenvalue weighted by Gasteiger charge is -2.24. The number of amides is 1. The fourth-order valence-corrected chi connectivity index (χ4v) is 5.66. The quantitative estimate of drug-likeness (QED) is 0.373. The Morgan fingerprint density at radius 3 is 2.81 bits per heavy atom. The van der Waals surface area contributed by atoms with Gasteiger partial charge in [-0.15, -0.1) is 0 Å². The number of aromatic nitrogens is 2. The van der Waals surface area contributed by atoms with Gasteiger partial charge in [-0.25, -0.2) is 9.97 Å². The molecule has 1 atom stereocenters. The highest BCUT2D eigenvalue weighted by molar-refractivity contribution is 6.31. The Labute approximate surface area is 218 Å². The fourth-order valence-electron chi connectivity index (χ4n) is 5.47. The molecule has 0 bridgehead atoms. The van der Waals surface area contributed by atoms with E-state index >= 15 is 0 Å². The molecule has 1 unspecified atom stereocenters. The maximum absolute atomic E-state index is 12.5. The average molecular weight is 504 g/mol. The van der Waals surface area contributed by atoms with Crippen molar-refractivity contribution in [2.24, 2.45) is 0 Å². The molecule has 0 radical (unpaired) electrons. The summed E-state index contributed by atoms with van der Waals surface area (Å²) >= 11 is 6.50. The summed E-state index contributed by atoms with van der Waals surface area (Å²) in [5.74, 6) is 1.16. The molecular formula is C29H34ClN5O. The molecule has 6 nitrogen and oxygen atoms in total. The lowest BCUT2D eigenvalue weighted by Crippen LogP contribution is -2.28. The Hall–Kier alpha value is -2.96. The van der Waals surface area contributed by atoms with E-state index in [0.717, 1.165) is 54.1 Å². The second kappa shape index (κ2) is 10.2. The first-order chi connectivity index (χ1) is 17.4. The van der Waals surface area contributed by atoms with Gasteiger partial charge in [0.05, 0.1) is 22.3 Å². The van der Waals surface area contributed by atoms with Gasteiger partial charge in [0, 0.05) is 17.9 Å². The van der Waals surface area contributed by atoms with E-state index in [-0.39, 0.29) is 5.91 Å². The normalized spacial score (nSPS) is 18.6. The first-order valence-electron chi connectivity index (χ1n) is 12.9. The lowest BCUT2D eigenvalue weighted by atomic mass is 9.82. The molecule has 0 aliphatic carbocycles. The van der Waals surface area contributed by atoms with E-state index in [1.165, 1.54) is 24.0 Å². The van der Waals surface area contributed by atoms with Crippen LogP contribution < -0.4 is 16.0 Å². The summed E-state index contributed by atoms with van der Waals surface area (Å²) < 4.78 is 0. The number of anilines is 3. The van der Waals surface area contributed by atoms with Crippen LogP contribution in [0.15, 0.2) is 42.6 Å². The summed E-state index contributed by atoms with van der Waals surface area (Å²) in [6.07, 6.45) is 6.46. The largest absolute Gasteiger partial charge is 0.325 e. The van der Waals surface area contributed by atoms with Crippen LogP contribution in [0.3, 0.4) is 0 Å². The van der Waals surface area contributed by atoms with Crippen molar-refractivity contribution in [1.29, 1.82) is 0 Å². The molecule has 2 aliphatic rings. The molecule has 1 fully saturated rings. The van der Waals surface area contributed by atoms with Gasteiger partial charge in [0.15, 0.2) is 0 Å². The van der Waals surface area contributed by atoms with Crippen LogP contribution >= 0.6 is 11.6 Å². The SMILES string of the molecule is CCc1cc(C2CCCNC2)ccc1Nc1ncc(Cl)c(CCc2cccc3c2C(C)(C)C(=O)N3)n1. The third-order valence-electron chi connectivity index (χ3n) is 7.56. The van der Waals surface area contributed by atoms with Crippen LogP contribution in [0.5, 0.6) is 0 Å². The summed E-state index contributed by atoms with van der Waals surface area (Å²) in [5, 5.41) is 10.5. The maximum Gasteiger partial charge on any atom is 0.234 e. The van der Waals surface area contributed by atoms with Crippen LogP contribution in [0.25, 0.3) is 0 Å². The maximum atomic E-state index is 12.5. The minimum Gasteiger partial charge on any atom is -0.325 e. The topological polar surface area (TPSA) is 78.9 Å². The number of benzene rings is 2. The molecule has 1 saturated heterocycles. The predicted molar refractivity (Wildman–Crippen MR) is 146 cm³/mol. The Morgan fingerprint density at radius 2 is 2.03 bits per heavy atom. The van der Waals surface area contributed by atoms with Crippen molar-refractivity contribution >= 4 is 34.8 Å². The van der Waals surface area contributed by atoms with Crippen LogP contribution in [-0.2, 0) is 29.5 Å². The zero-order chi connectivity index (χ0) is 25.3. The van der Waals surface area contributed by atoms with Crippen molar-refractivity contribution in [2.45, 2.75) is 64.2 Å². The molecule has 0 spiro atoms. The molecule has 188 valence electrons. The second-order valence-electron chi connectivity index (χ2n) is 10.3. The van der Waals surface area contributed by atoms with Gasteiger partial charge in [0.2, 0.25) is 11.9 Å². The van der Waals surface area contributed by atoms with E-state index < -0.39 is 5.41 Å². The van der Waals surface area contributed by atoms with E-state index in [9.17, 15) is 4.79 Å². The number of carbonyl (C=O) groups excluding carboxylic acids is 1. The van der Waals surface area contributed by atoms with Crippen molar-refractivity contribution in [3.05, 3.63) is 75.6 Å². The van der Waals surface area contributed by atoms with E-state index in [1.54, 1.807) is 6.20 Å². The molecule has 3 heterocycles. The number of hydrogen-bond acceptors (Lipinski definition) is 5. The summed E-state index contributed by atoms with van der Waals surface area (Å²) in [7, 11) is 0. The van der Waals surface area contributed by atoms with Gasteiger partial charge in [-0.05, 0) is 92.8 Å². The molecule has 7 heteroatoms. The van der Waals surface area contributed by atoms with Crippen LogP contribution in [0.2, 0.25) is 5.02 Å². The number of hydrogen-bond donors (Lipinski definition) is 3. The minimum absolute atomic E-state index is 0.0361. The molecule has 3 aromatic rings. The van der Waals surface area contributed by atoms with E-state index in [1.807, 2.05) is 26.0 Å². The number of fused-ring (bicyclic) bond motifs is 1. The van der Waals surface area contributed by atoms with Crippen molar-refractivity contribution < 1.29 is 4.79 Å². The number of nitrogens with one attached hydrogen (secondary N) is 3. The van der Waals surface area contributed by atoms with Gasteiger partial charge in [-0.2, -0.15) is 0 Å². The number of halogens is 1. The lowest BCUT2D eigenvalue weighted by molar-refractivity contribution is -0.119. The molecule has 2 aliphatic heterocycles. The van der Waals surface area contributed by atoms with Crippen LogP contribution in [0.1, 0.15) is 67.5 Å². The van der Waals surface area contributed by atoms with Gasteiger partial charge < -0.3 is 16.0 Å². The smallest absolute Gasteiger partial charge is 0.234 e. The standard InChI is InChI=1S/C29H34ClN5O/c1-4-18-15-20(21-8-6-14-31-16-21)11-12-23(18)34-28-32-17-22(30)24(35-28)13-10-19-7-5-9-25-26(19)29(2,3)27(36)33-25/h5,7,9,11-12,15,17,21,31H,4,6,8,10,13-14,16H2,1-3H3,(H,33,36)(H,32,34,35). The molecule has 2 aromatic carbocycles. The fraction of sp³-hybridized carbons (Fsp3) is 0.414. The monoisotopic (exact) mass is 503 g/mol. The van der Waals surface area contributed by atoms with Crippen molar-refractivity contribution in [3.63, 3.8) is 0 Å². The van der Waals surface area contributed by atoms with Gasteiger partial charge in [0.1, 0.15) is 0 Å². The first-order valence-corrected chi connectivity index (χ1v) is 13.3. The predicted octanol–water partition coefficient (Wildman–Crippen LogP) is 5.92. The van der Waals surface area contributed by atoms with Gasteiger partial charge in [-0.1, -0.05) is 42.8 Å². The molecule has 36 heavy (non-hydrogen) atoms. The number of piperidine rings is 1. The number of nitrogens with zero attached hydrogens (tertiary/aromatic N) is 2. The molecule has 0 saturated carbocycles. The molecule has 3 N–H and O–H groups in total. The average Bonchev–Trinajstić information content (AvgIpc) is 3.13. The van der Waals surface area contributed by atoms with Gasteiger partial charge >= 0.3 is 0 Å². The van der Waals surface area contributed by atoms with Crippen molar-refractivity contribution in [2.75, 3.05) is 23.7 Å². The van der Waals surface area contributed by atoms with Crippen molar-refractivity contribution in [1.82, 2.24) is 15.3 Å². The zero-order valence-corrected chi connectivity index (χ0v) is 22.0. The summed E-state index contributed by atoms with van der Waals surface area (Å²) in [6, 6.07) is 12.7. The van der Waals surface area contributed by atoms with Crippen molar-refractivity contribution in [3.8, 4) is 0 Å². The zero-order valence-electron chi connectivity index (χ0n) is 21.2. The highest BCUT2D eigenvalue weighted by Gasteiger charge is 2.39. The number of aryl methyl sites for hydroxylation is 3. The Balaban J connectivity index is 1.34. The minimum atomic E-state index is -0.551. The first kappa shape index (κ1) is 24.7. The summed E-state index contributed by atoms with van der Waals surface area (Å²) in [6.45, 7) is 8.28. The number of carbonyl (C=O) groups is 1. The van der Waals surface area contributed by atoms with Gasteiger partial charge in [0.25, 0.3) is 0 Å². The van der Waals surface area contributed by atoms with Gasteiger partial charge in [-0.3, -0.25) is 4.79 Å². The third-order valence-corrected chi connectivity index (χ3v) is 7.88. The summed E-state index contributed by atoms with van der Waals surface area (Å²) in [5.41, 5.74) is 7.05. The summed E-state index contributed by atoms with van der Waals surface area (Å²) in [4.78, 5) is 21.7. The van der Waals surface area contributed by atoms with E-state index in [0.29, 0.717) is 23.3 Å². The highest BCUT2D eigenvalue weighted by Crippen LogP contribution is 2.40. The van der Waals surface area contributed by atoms with E-state index in [2.05, 4.69) is 52.1 Å². The molecular weight excluding hydrogens is 470 g/mol. The number of rotatable bonds is 7.